The van der Waals surface area contributed by atoms with Gasteiger partial charge in [-0.3, -0.25) is 4.79 Å². The van der Waals surface area contributed by atoms with E-state index in [9.17, 15) is 40.3 Å². The van der Waals surface area contributed by atoms with Gasteiger partial charge in [0, 0.05) is 10.6 Å². The van der Waals surface area contributed by atoms with E-state index in [1.54, 1.807) is 5.32 Å². The molecule has 0 aromatic heterocycles. The Morgan fingerprint density at radius 3 is 2.10 bits per heavy atom. The number of sulfone groups is 1. The van der Waals surface area contributed by atoms with E-state index in [2.05, 4.69) is 0 Å². The van der Waals surface area contributed by atoms with Gasteiger partial charge in [0.2, 0.25) is 15.4 Å². The average Bonchev–Trinajstić information content (AvgIpc) is 2.67. The first-order valence-corrected chi connectivity index (χ1v) is 10.9. The third-order valence-electron chi connectivity index (χ3n) is 4.06. The van der Waals surface area contributed by atoms with Gasteiger partial charge in [0.1, 0.15) is 11.6 Å². The molecule has 0 radical (unpaired) electrons. The van der Waals surface area contributed by atoms with Gasteiger partial charge in [-0.15, -0.1) is 11.8 Å². The summed E-state index contributed by atoms with van der Waals surface area (Å²) in [6, 6.07) is 4.92. The fourth-order valence-electron chi connectivity index (χ4n) is 2.19. The lowest BCUT2D eigenvalue weighted by molar-refractivity contribution is -0.242. The molecule has 0 saturated carbocycles. The number of alkyl halides is 3. The van der Waals surface area contributed by atoms with E-state index in [1.807, 2.05) is 0 Å². The van der Waals surface area contributed by atoms with Gasteiger partial charge in [-0.05, 0) is 43.3 Å². The largest absolute Gasteiger partial charge is 0.426 e. The lowest BCUT2D eigenvalue weighted by Crippen LogP contribution is -2.52. The van der Waals surface area contributed by atoms with E-state index < -0.39 is 54.6 Å². The molecule has 0 bridgehead atoms. The van der Waals surface area contributed by atoms with E-state index in [4.69, 9.17) is 5.11 Å². The van der Waals surface area contributed by atoms with Gasteiger partial charge >= 0.3 is 6.18 Å². The van der Waals surface area contributed by atoms with Crippen molar-refractivity contribution >= 4 is 33.2 Å². The molecule has 1 atom stereocenters. The van der Waals surface area contributed by atoms with Crippen LogP contribution in [-0.4, -0.2) is 48.7 Å². The summed E-state index contributed by atoms with van der Waals surface area (Å²) in [7, 11) is -4.40. The van der Waals surface area contributed by atoms with Crippen molar-refractivity contribution in [3.63, 3.8) is 0 Å². The predicted molar refractivity (Wildman–Crippen MR) is 101 cm³/mol. The first kappa shape index (κ1) is 25.0. The minimum absolute atomic E-state index is 0.0916. The number of nitrogens with one attached hydrogen (secondary N) is 1. The molecular weight excluding hydrogens is 469 g/mol. The fraction of sp³-hybridized carbons (Fsp3) is 0.278. The average molecular weight is 485 g/mol. The van der Waals surface area contributed by atoms with Crippen LogP contribution < -0.4 is 5.32 Å². The van der Waals surface area contributed by atoms with Crippen LogP contribution in [0.2, 0.25) is 0 Å². The summed E-state index contributed by atoms with van der Waals surface area (Å²) >= 11 is 0.955. The van der Waals surface area contributed by atoms with E-state index in [1.165, 1.54) is 6.07 Å². The molecule has 3 N–H and O–H groups in total. The summed E-state index contributed by atoms with van der Waals surface area (Å²) in [5.41, 5.74) is -4.60. The first-order valence-electron chi connectivity index (χ1n) is 8.40. The molecule has 0 saturated heterocycles. The molecule has 0 aliphatic rings. The number of anilines is 1. The van der Waals surface area contributed by atoms with Crippen LogP contribution >= 0.6 is 11.8 Å². The Morgan fingerprint density at radius 1 is 1.06 bits per heavy atom. The quantitative estimate of drug-likeness (QED) is 0.411. The maximum absolute atomic E-state index is 14.3. The van der Waals surface area contributed by atoms with Gasteiger partial charge in [-0.2, -0.15) is 13.2 Å². The van der Waals surface area contributed by atoms with Crippen LogP contribution in [0.15, 0.2) is 51.1 Å². The molecule has 0 fully saturated rings. The molecule has 0 unspecified atom stereocenters. The number of rotatable bonds is 7. The van der Waals surface area contributed by atoms with Crippen LogP contribution in [-0.2, 0) is 14.6 Å². The van der Waals surface area contributed by atoms with Crippen molar-refractivity contribution in [3.8, 4) is 0 Å². The number of carbonyl (C=O) groups excluding carboxylic acids is 1. The van der Waals surface area contributed by atoms with E-state index in [0.29, 0.717) is 18.2 Å². The van der Waals surface area contributed by atoms with Gasteiger partial charge in [-0.1, -0.05) is 0 Å². The number of aliphatic hydroxyl groups is 2. The third kappa shape index (κ3) is 5.34. The van der Waals surface area contributed by atoms with Crippen LogP contribution in [0.1, 0.15) is 6.92 Å². The molecule has 170 valence electrons. The predicted octanol–water partition coefficient (Wildman–Crippen LogP) is 3.13. The Balaban J connectivity index is 2.32. The van der Waals surface area contributed by atoms with Crippen LogP contribution in [0.3, 0.4) is 0 Å². The van der Waals surface area contributed by atoms with Gasteiger partial charge in [0.15, 0.2) is 0 Å². The summed E-state index contributed by atoms with van der Waals surface area (Å²) < 4.78 is 91.7. The van der Waals surface area contributed by atoms with Crippen LogP contribution in [0.25, 0.3) is 0 Å². The van der Waals surface area contributed by atoms with Gasteiger partial charge in [0.25, 0.3) is 5.91 Å². The maximum Gasteiger partial charge on any atom is 0.426 e. The highest BCUT2D eigenvalue weighted by atomic mass is 32.2. The second-order valence-corrected chi connectivity index (χ2v) is 9.42. The van der Waals surface area contributed by atoms with Gasteiger partial charge < -0.3 is 15.5 Å². The topological polar surface area (TPSA) is 104 Å². The Kier molecular flexibility index (Phi) is 7.35. The van der Waals surface area contributed by atoms with E-state index in [0.717, 1.165) is 23.9 Å². The summed E-state index contributed by atoms with van der Waals surface area (Å²) in [6.45, 7) is -0.0408. The zero-order valence-electron chi connectivity index (χ0n) is 15.7. The van der Waals surface area contributed by atoms with E-state index >= 15 is 0 Å². The molecular formula is C18H16F5NO5S2. The Labute approximate surface area is 178 Å². The number of benzene rings is 2. The number of amides is 1. The number of halogens is 5. The lowest BCUT2D eigenvalue weighted by atomic mass is 10.1. The van der Waals surface area contributed by atoms with E-state index in [-0.39, 0.29) is 24.2 Å². The SMILES string of the molecule is C[C@@](O)(C(=O)Nc1ccc(S(=O)(=O)c2ccc(SCCO)c(F)c2)cc1F)C(F)(F)F. The molecule has 1 amide bonds. The van der Waals surface area contributed by atoms with Crippen LogP contribution in [0.4, 0.5) is 27.6 Å². The minimum Gasteiger partial charge on any atom is -0.396 e. The van der Waals surface area contributed by atoms with Crippen molar-refractivity contribution in [1.82, 2.24) is 0 Å². The fourth-order valence-corrected chi connectivity index (χ4v) is 4.15. The summed E-state index contributed by atoms with van der Waals surface area (Å²) in [5, 5.41) is 19.6. The molecule has 6 nitrogen and oxygen atoms in total. The van der Waals surface area contributed by atoms with Crippen molar-refractivity contribution in [2.45, 2.75) is 33.4 Å². The van der Waals surface area contributed by atoms with Crippen molar-refractivity contribution in [1.29, 1.82) is 0 Å². The van der Waals surface area contributed by atoms with Crippen molar-refractivity contribution in [2.75, 3.05) is 17.7 Å². The number of thioether (sulfide) groups is 1. The Hall–Kier alpha value is -2.22. The molecule has 0 aliphatic carbocycles. The Bertz CT molecular complexity index is 1090. The number of hydrogen-bond donors (Lipinski definition) is 3. The number of hydrogen-bond acceptors (Lipinski definition) is 6. The molecule has 0 spiro atoms. The number of carbonyl (C=O) groups is 1. The summed E-state index contributed by atoms with van der Waals surface area (Å²) in [5.74, 6) is -4.04. The van der Waals surface area contributed by atoms with Crippen LogP contribution in [0, 0.1) is 11.6 Å². The van der Waals surface area contributed by atoms with Crippen molar-refractivity contribution in [3.05, 3.63) is 48.0 Å². The highest BCUT2D eigenvalue weighted by Gasteiger charge is 2.55. The first-order chi connectivity index (χ1) is 14.2. The zero-order valence-corrected chi connectivity index (χ0v) is 17.3. The second-order valence-electron chi connectivity index (χ2n) is 6.33. The monoisotopic (exact) mass is 485 g/mol. The highest BCUT2D eigenvalue weighted by molar-refractivity contribution is 7.99. The molecule has 13 heteroatoms. The molecule has 0 aliphatic heterocycles. The van der Waals surface area contributed by atoms with Crippen molar-refractivity contribution in [2.24, 2.45) is 0 Å². The summed E-state index contributed by atoms with van der Waals surface area (Å²) in [6.07, 6.45) is -5.33. The Morgan fingerprint density at radius 2 is 1.61 bits per heavy atom. The standard InChI is InChI=1S/C18H16F5NO5S2/c1-17(27,18(21,22)23)16(26)24-14-4-2-10(8-12(14)19)31(28,29)11-3-5-15(13(20)9-11)30-7-6-25/h2-5,8-9,25,27H,6-7H2,1H3,(H,24,26)/t17-/m1/s1. The highest BCUT2D eigenvalue weighted by Crippen LogP contribution is 2.32. The third-order valence-corrected chi connectivity index (χ3v) is 6.83. The lowest BCUT2D eigenvalue weighted by Gasteiger charge is -2.25. The molecule has 2 aromatic rings. The molecule has 2 rings (SSSR count). The maximum atomic E-state index is 14.3. The molecule has 0 heterocycles. The van der Waals surface area contributed by atoms with Gasteiger partial charge in [-0.25, -0.2) is 17.2 Å². The molecule has 2 aromatic carbocycles. The zero-order chi connectivity index (χ0) is 23.6. The smallest absolute Gasteiger partial charge is 0.396 e. The number of aliphatic hydroxyl groups excluding tert-OH is 1. The van der Waals surface area contributed by atoms with Crippen molar-refractivity contribution < 1.29 is 45.4 Å². The van der Waals surface area contributed by atoms with Crippen LogP contribution in [0.5, 0.6) is 0 Å². The second kappa shape index (κ2) is 9.10. The molecule has 31 heavy (non-hydrogen) atoms. The summed E-state index contributed by atoms with van der Waals surface area (Å²) in [4.78, 5) is 10.6. The van der Waals surface area contributed by atoms with Gasteiger partial charge in [0.05, 0.1) is 22.1 Å². The normalized spacial score (nSPS) is 14.2. The minimum atomic E-state index is -5.33.